The van der Waals surface area contributed by atoms with Gasteiger partial charge in [-0.25, -0.2) is 4.98 Å². The van der Waals surface area contributed by atoms with E-state index in [9.17, 15) is 0 Å². The Morgan fingerprint density at radius 1 is 1.12 bits per heavy atom. The molecule has 2 atom stereocenters. The zero-order valence-electron chi connectivity index (χ0n) is 9.67. The van der Waals surface area contributed by atoms with Crippen molar-refractivity contribution < 1.29 is 0 Å². The highest BCUT2D eigenvalue weighted by molar-refractivity contribution is 7.13. The second-order valence-electron chi connectivity index (χ2n) is 4.67. The first-order chi connectivity index (χ1) is 8.34. The second-order valence-corrected chi connectivity index (χ2v) is 5.55. The van der Waals surface area contributed by atoms with Gasteiger partial charge >= 0.3 is 0 Å². The average Bonchev–Trinajstić information content (AvgIpc) is 2.98. The number of nitrogens with two attached hydrogens (primary N) is 1. The summed E-state index contributed by atoms with van der Waals surface area (Å²) in [5, 5.41) is 2.82. The van der Waals surface area contributed by atoms with Crippen molar-refractivity contribution in [3.05, 3.63) is 47.0 Å². The van der Waals surface area contributed by atoms with E-state index in [-0.39, 0.29) is 0 Å². The van der Waals surface area contributed by atoms with E-state index in [1.807, 2.05) is 0 Å². The van der Waals surface area contributed by atoms with Crippen LogP contribution < -0.4 is 5.73 Å². The van der Waals surface area contributed by atoms with Gasteiger partial charge < -0.3 is 5.73 Å². The van der Waals surface area contributed by atoms with Crippen LogP contribution >= 0.6 is 11.3 Å². The molecule has 1 aliphatic carbocycles. The van der Waals surface area contributed by atoms with Crippen molar-refractivity contribution in [3.8, 4) is 0 Å². The Kier molecular flexibility index (Phi) is 2.85. The molecule has 0 saturated heterocycles. The van der Waals surface area contributed by atoms with Gasteiger partial charge in [0.1, 0.15) is 0 Å². The highest BCUT2D eigenvalue weighted by Crippen LogP contribution is 2.45. The highest BCUT2D eigenvalue weighted by atomic mass is 32.1. The van der Waals surface area contributed by atoms with Gasteiger partial charge in [0.2, 0.25) is 0 Å². The summed E-state index contributed by atoms with van der Waals surface area (Å²) in [6.45, 7) is 0. The van der Waals surface area contributed by atoms with Gasteiger partial charge in [-0.15, -0.1) is 11.3 Å². The lowest BCUT2D eigenvalue weighted by molar-refractivity contribution is 0.611. The Balaban J connectivity index is 1.90. The van der Waals surface area contributed by atoms with E-state index in [0.717, 1.165) is 0 Å². The molecule has 1 aromatic heterocycles. The minimum atomic E-state index is 0.561. The number of thiazole rings is 1. The van der Waals surface area contributed by atoms with Gasteiger partial charge in [0.25, 0.3) is 0 Å². The molecular formula is C14H16N2S. The van der Waals surface area contributed by atoms with E-state index in [1.54, 1.807) is 11.3 Å². The van der Waals surface area contributed by atoms with Crippen LogP contribution in [0.3, 0.4) is 0 Å². The number of anilines is 1. The zero-order valence-corrected chi connectivity index (χ0v) is 10.5. The smallest absolute Gasteiger partial charge is 0.180 e. The number of aromatic nitrogens is 1. The summed E-state index contributed by atoms with van der Waals surface area (Å²) in [7, 11) is 0. The number of rotatable bonds is 2. The van der Waals surface area contributed by atoms with Crippen molar-refractivity contribution in [2.24, 2.45) is 0 Å². The molecule has 2 N–H and O–H groups in total. The molecule has 2 aromatic rings. The minimum Gasteiger partial charge on any atom is -0.375 e. The Morgan fingerprint density at radius 2 is 1.88 bits per heavy atom. The van der Waals surface area contributed by atoms with Crippen molar-refractivity contribution in [1.29, 1.82) is 0 Å². The van der Waals surface area contributed by atoms with E-state index in [1.165, 1.54) is 30.5 Å². The molecule has 88 valence electrons. The summed E-state index contributed by atoms with van der Waals surface area (Å²) in [5.74, 6) is 1.18. The summed E-state index contributed by atoms with van der Waals surface area (Å²) >= 11 is 1.56. The van der Waals surface area contributed by atoms with Crippen LogP contribution in [0.15, 0.2) is 35.7 Å². The lowest BCUT2D eigenvalue weighted by atomic mass is 9.87. The number of nitrogen functional groups attached to an aromatic ring is 1. The van der Waals surface area contributed by atoms with Gasteiger partial charge in [-0.3, -0.25) is 0 Å². The number of benzene rings is 1. The van der Waals surface area contributed by atoms with Crippen molar-refractivity contribution in [1.82, 2.24) is 4.98 Å². The summed E-state index contributed by atoms with van der Waals surface area (Å²) in [4.78, 5) is 4.46. The van der Waals surface area contributed by atoms with Crippen LogP contribution in [0.25, 0.3) is 0 Å². The summed E-state index contributed by atoms with van der Waals surface area (Å²) in [5.41, 5.74) is 8.38. The highest BCUT2D eigenvalue weighted by Gasteiger charge is 2.31. The largest absolute Gasteiger partial charge is 0.375 e. The van der Waals surface area contributed by atoms with Gasteiger partial charge in [-0.2, -0.15) is 0 Å². The Bertz CT molecular complexity index is 492. The van der Waals surface area contributed by atoms with Crippen LogP contribution in [0.2, 0.25) is 0 Å². The molecule has 1 fully saturated rings. The molecule has 1 aliphatic rings. The van der Waals surface area contributed by atoms with Gasteiger partial charge in [-0.1, -0.05) is 36.8 Å². The molecule has 17 heavy (non-hydrogen) atoms. The van der Waals surface area contributed by atoms with Crippen LogP contribution in [0.4, 0.5) is 5.13 Å². The predicted molar refractivity (Wildman–Crippen MR) is 72.3 cm³/mol. The van der Waals surface area contributed by atoms with E-state index in [2.05, 4.69) is 40.7 Å². The zero-order chi connectivity index (χ0) is 11.7. The van der Waals surface area contributed by atoms with E-state index in [0.29, 0.717) is 17.0 Å². The Hall–Kier alpha value is -1.35. The standard InChI is InChI=1S/C14H16N2S/c15-14-16-13(9-17-14)12-8-4-7-11(12)10-5-2-1-3-6-10/h1-3,5-6,9,11-12H,4,7-8H2,(H2,15,16)/t11-,12-/m0/s1. The first kappa shape index (κ1) is 10.8. The van der Waals surface area contributed by atoms with Gasteiger partial charge in [0.05, 0.1) is 5.69 Å². The first-order valence-electron chi connectivity index (χ1n) is 6.10. The second kappa shape index (κ2) is 4.49. The summed E-state index contributed by atoms with van der Waals surface area (Å²) in [6, 6.07) is 10.8. The van der Waals surface area contributed by atoms with Crippen molar-refractivity contribution in [3.63, 3.8) is 0 Å². The van der Waals surface area contributed by atoms with Crippen LogP contribution in [0.5, 0.6) is 0 Å². The molecule has 1 aromatic carbocycles. The third-order valence-electron chi connectivity index (χ3n) is 3.66. The average molecular weight is 244 g/mol. The molecule has 3 rings (SSSR count). The molecule has 1 saturated carbocycles. The molecule has 0 radical (unpaired) electrons. The SMILES string of the molecule is Nc1nc([C@H]2CCC[C@H]2c2ccccc2)cs1. The Labute approximate surface area is 106 Å². The quantitative estimate of drug-likeness (QED) is 0.873. The van der Waals surface area contributed by atoms with Crippen LogP contribution in [-0.2, 0) is 0 Å². The van der Waals surface area contributed by atoms with Gasteiger partial charge in [0, 0.05) is 11.3 Å². The molecule has 0 amide bonds. The Morgan fingerprint density at radius 3 is 2.59 bits per heavy atom. The first-order valence-corrected chi connectivity index (χ1v) is 6.98. The molecular weight excluding hydrogens is 228 g/mol. The predicted octanol–water partition coefficient (Wildman–Crippen LogP) is 3.78. The molecule has 0 aliphatic heterocycles. The van der Waals surface area contributed by atoms with Crippen LogP contribution in [-0.4, -0.2) is 4.98 Å². The summed E-state index contributed by atoms with van der Waals surface area (Å²) in [6.07, 6.45) is 3.80. The third-order valence-corrected chi connectivity index (χ3v) is 4.36. The van der Waals surface area contributed by atoms with Crippen molar-refractivity contribution in [2.45, 2.75) is 31.1 Å². The van der Waals surface area contributed by atoms with E-state index >= 15 is 0 Å². The van der Waals surface area contributed by atoms with Crippen LogP contribution in [0.1, 0.15) is 42.4 Å². The minimum absolute atomic E-state index is 0.561. The molecule has 0 bridgehead atoms. The van der Waals surface area contributed by atoms with Crippen LogP contribution in [0, 0.1) is 0 Å². The molecule has 1 heterocycles. The number of hydrogen-bond donors (Lipinski definition) is 1. The molecule has 3 heteroatoms. The topological polar surface area (TPSA) is 38.9 Å². The van der Waals surface area contributed by atoms with Crippen molar-refractivity contribution in [2.75, 3.05) is 5.73 Å². The molecule has 0 spiro atoms. The fraction of sp³-hybridized carbons (Fsp3) is 0.357. The fourth-order valence-corrected chi connectivity index (χ4v) is 3.51. The maximum absolute atomic E-state index is 5.74. The normalized spacial score (nSPS) is 24.0. The molecule has 2 nitrogen and oxygen atoms in total. The van der Waals surface area contributed by atoms with Gasteiger partial charge in [-0.05, 0) is 24.3 Å². The third kappa shape index (κ3) is 2.07. The maximum atomic E-state index is 5.74. The van der Waals surface area contributed by atoms with Gasteiger partial charge in [0.15, 0.2) is 5.13 Å². The summed E-state index contributed by atoms with van der Waals surface area (Å²) < 4.78 is 0. The van der Waals surface area contributed by atoms with E-state index in [4.69, 9.17) is 5.73 Å². The number of nitrogens with zero attached hydrogens (tertiary/aromatic N) is 1. The van der Waals surface area contributed by atoms with E-state index < -0.39 is 0 Å². The maximum Gasteiger partial charge on any atom is 0.180 e. The molecule has 0 unspecified atom stereocenters. The fourth-order valence-electron chi connectivity index (χ4n) is 2.88. The lowest BCUT2D eigenvalue weighted by Crippen LogP contribution is -2.05. The van der Waals surface area contributed by atoms with Crippen molar-refractivity contribution >= 4 is 16.5 Å². The lowest BCUT2D eigenvalue weighted by Gasteiger charge is -2.18. The monoisotopic (exact) mass is 244 g/mol. The number of hydrogen-bond acceptors (Lipinski definition) is 3.